The minimum absolute atomic E-state index is 0.0485. The van der Waals surface area contributed by atoms with Crippen LogP contribution in [0.1, 0.15) is 112 Å². The van der Waals surface area contributed by atoms with Crippen molar-refractivity contribution in [2.24, 2.45) is 5.92 Å². The van der Waals surface area contributed by atoms with Crippen molar-refractivity contribution in [1.82, 2.24) is 55.7 Å². The van der Waals surface area contributed by atoms with E-state index >= 15 is 4.39 Å². The Morgan fingerprint density at radius 3 is 2.36 bits per heavy atom. The summed E-state index contributed by atoms with van der Waals surface area (Å²) >= 11 is 0. The van der Waals surface area contributed by atoms with Gasteiger partial charge in [-0.2, -0.15) is 15.1 Å². The summed E-state index contributed by atoms with van der Waals surface area (Å²) in [7, 11) is 0. The molecule has 13 rings (SSSR count). The zero-order chi connectivity index (χ0) is 57.3. The molecule has 5 fully saturated rings. The molecule has 20 heteroatoms. The van der Waals surface area contributed by atoms with Crippen molar-refractivity contribution in [3.63, 3.8) is 0 Å². The Labute approximate surface area is 480 Å². The molecule has 5 atom stereocenters. The summed E-state index contributed by atoms with van der Waals surface area (Å²) < 4.78 is 50.8. The second-order valence-corrected chi connectivity index (χ2v) is 23.1. The molecule has 2 amide bonds. The van der Waals surface area contributed by atoms with E-state index in [2.05, 4.69) is 67.9 Å². The fourth-order valence-corrected chi connectivity index (χ4v) is 12.4. The molecule has 8 aromatic rings. The van der Waals surface area contributed by atoms with Crippen molar-refractivity contribution in [3.8, 4) is 45.4 Å². The van der Waals surface area contributed by atoms with Crippen molar-refractivity contribution >= 4 is 39.9 Å². The summed E-state index contributed by atoms with van der Waals surface area (Å²) in [5, 5.41) is 33.6. The molecule has 1 saturated carbocycles. The van der Waals surface area contributed by atoms with Gasteiger partial charge in [0, 0.05) is 89.8 Å². The molecule has 4 aromatic carbocycles. The molecule has 1 aliphatic carbocycles. The molecule has 4 aromatic heterocycles. The number of nitrogens with zero attached hydrogens (tertiary/aromatic N) is 9. The van der Waals surface area contributed by atoms with Gasteiger partial charge in [0.15, 0.2) is 5.75 Å². The number of ether oxygens (including phenoxy) is 3. The number of aliphatic hydroxyl groups excluding tert-OH is 1. The monoisotopic (exact) mass is 1130 g/mol. The van der Waals surface area contributed by atoms with Gasteiger partial charge in [-0.1, -0.05) is 67.6 Å². The average molecular weight is 1130 g/mol. The van der Waals surface area contributed by atoms with Gasteiger partial charge in [-0.15, -0.1) is 5.10 Å². The number of aromatic amines is 1. The average Bonchev–Trinajstić information content (AvgIpc) is 3.26. The Morgan fingerprint density at radius 1 is 0.916 bits per heavy atom. The van der Waals surface area contributed by atoms with Crippen LogP contribution in [0.15, 0.2) is 91.4 Å². The number of rotatable bonds is 17. The second kappa shape index (κ2) is 24.1. The predicted molar refractivity (Wildman–Crippen MR) is 311 cm³/mol. The molecule has 83 heavy (non-hydrogen) atoms. The molecule has 18 nitrogen and oxygen atoms in total. The highest BCUT2D eigenvalue weighted by Gasteiger charge is 2.38. The highest BCUT2D eigenvalue weighted by atomic mass is 19.1. The van der Waals surface area contributed by atoms with Gasteiger partial charge in [-0.25, -0.2) is 13.5 Å². The number of aliphatic hydroxyl groups is 1. The molecule has 5 aliphatic rings. The third kappa shape index (κ3) is 11.6. The first-order valence-electron chi connectivity index (χ1n) is 29.1. The molecule has 4 N–H and O–H groups in total. The van der Waals surface area contributed by atoms with Crippen molar-refractivity contribution in [3.05, 3.63) is 125 Å². The zero-order valence-corrected chi connectivity index (χ0v) is 47.2. The second-order valence-electron chi connectivity index (χ2n) is 23.1. The number of benzene rings is 4. The van der Waals surface area contributed by atoms with Gasteiger partial charge < -0.3 is 39.8 Å². The molecule has 8 heterocycles. The van der Waals surface area contributed by atoms with Gasteiger partial charge in [-0.3, -0.25) is 19.7 Å². The topological polar surface area (TPSA) is 211 Å². The van der Waals surface area contributed by atoms with E-state index in [1.165, 1.54) is 24.4 Å². The van der Waals surface area contributed by atoms with Crippen LogP contribution < -0.4 is 25.0 Å². The van der Waals surface area contributed by atoms with E-state index in [4.69, 9.17) is 29.3 Å². The zero-order valence-electron chi connectivity index (χ0n) is 47.2. The predicted octanol–water partition coefficient (Wildman–Crippen LogP) is 9.71. The number of carbonyl (C=O) groups excluding carboxylic acids is 2. The number of likely N-dealkylation sites (tertiary alicyclic amines) is 1. The quantitative estimate of drug-likeness (QED) is 0.0626. The molecule has 2 bridgehead atoms. The van der Waals surface area contributed by atoms with E-state index in [0.29, 0.717) is 71.3 Å². The van der Waals surface area contributed by atoms with Crippen molar-refractivity contribution in [2.45, 2.75) is 128 Å². The molecule has 4 aliphatic heterocycles. The maximum absolute atomic E-state index is 16.0. The number of piperazine rings is 1. The van der Waals surface area contributed by atoms with Crippen LogP contribution in [0, 0.1) is 24.5 Å². The number of carbonyl (C=O) groups is 2. The number of aromatic nitrogens is 8. The van der Waals surface area contributed by atoms with Gasteiger partial charge in [0.25, 0.3) is 0 Å². The number of amides is 2. The van der Waals surface area contributed by atoms with Crippen molar-refractivity contribution in [1.29, 1.82) is 0 Å². The van der Waals surface area contributed by atoms with Crippen LogP contribution in [0.2, 0.25) is 0 Å². The number of anilines is 1. The van der Waals surface area contributed by atoms with Gasteiger partial charge in [0.05, 0.1) is 43.8 Å². The Kier molecular flexibility index (Phi) is 16.1. The Balaban J connectivity index is 0.000000304. The number of hydrogen-bond acceptors (Lipinski definition) is 14. The van der Waals surface area contributed by atoms with E-state index in [-0.39, 0.29) is 60.4 Å². The number of H-pyrrole nitrogens is 1. The maximum Gasteiger partial charge on any atom is 0.319 e. The number of nitrogens with one attached hydrogen (secondary N) is 3. The smallest absolute Gasteiger partial charge is 0.319 e. The van der Waals surface area contributed by atoms with Crippen molar-refractivity contribution < 1.29 is 37.7 Å². The molecular weight excluding hydrogens is 1060 g/mol. The van der Waals surface area contributed by atoms with Crippen LogP contribution >= 0.6 is 0 Å². The fourth-order valence-electron chi connectivity index (χ4n) is 12.4. The Hall–Kier alpha value is -7.94. The number of pyridine rings is 1. The highest BCUT2D eigenvalue weighted by molar-refractivity contribution is 6.06. The van der Waals surface area contributed by atoms with Crippen LogP contribution in [-0.4, -0.2) is 126 Å². The first kappa shape index (κ1) is 55.6. The van der Waals surface area contributed by atoms with Gasteiger partial charge in [0.1, 0.15) is 53.1 Å². The Bertz CT molecular complexity index is 3610. The third-order valence-electron chi connectivity index (χ3n) is 17.0. The first-order chi connectivity index (χ1) is 40.4. The van der Waals surface area contributed by atoms with Gasteiger partial charge in [-0.05, 0) is 111 Å². The minimum Gasteiger partial charge on any atom is -0.486 e. The molecule has 432 valence electrons. The summed E-state index contributed by atoms with van der Waals surface area (Å²) in [4.78, 5) is 43.0. The van der Waals surface area contributed by atoms with Crippen LogP contribution in [0.4, 0.5) is 14.6 Å². The minimum atomic E-state index is -0.458. The first-order valence-corrected chi connectivity index (χ1v) is 29.1. The van der Waals surface area contributed by atoms with E-state index in [0.717, 1.165) is 121 Å². The fraction of sp³-hybridized carbons (Fsp3) is 0.429. The van der Waals surface area contributed by atoms with Gasteiger partial charge >= 0.3 is 6.01 Å². The highest BCUT2D eigenvalue weighted by Crippen LogP contribution is 2.53. The lowest BCUT2D eigenvalue weighted by Crippen LogP contribution is -2.51. The van der Waals surface area contributed by atoms with E-state index < -0.39 is 12.1 Å². The lowest BCUT2D eigenvalue weighted by Gasteiger charge is -2.35. The Morgan fingerprint density at radius 2 is 1.67 bits per heavy atom. The van der Waals surface area contributed by atoms with Crippen LogP contribution in [0.5, 0.6) is 11.8 Å². The standard InChI is InChI=1S/C49H57FN10O4.C14H13FN2O2/c1-27(2)45(48(61)59-17-5-6-28(59)3)60-25-41(56-57-60)32-9-7-30(8-10-32)26-63-46-43(42-29(4)39(50)21-40-38(42)22-51-55-40)36(31-11-12-31)20-37-44(46)53-49(64-35-15-18-62-19-16-35)54-47(37)58-23-33-13-14-34(24-58)52-33;15-12-2-1-7-16-14(12)11-5-3-10(4-6-11)13(8-18)17-9-19/h7-10,20-22,25,27-28,31,33-35,45,52H,5-6,11-19,23-24,26H2,1-4H3,(H,51,55);1-7,9,13,18H,8H2,(H,17,19). The third-order valence-corrected chi connectivity index (χ3v) is 17.0. The SMILES string of the molecule is Cc1c(F)cc2[nH]ncc2c1-c1c(C2CC2)cc2c(N3CC4CCC(C3)N4)nc(OC3CCOCC3)nc2c1OCc1ccc(-c2cn(C(C(=O)N3CCCC3C)C(C)C)nn2)cc1.O=CNC(CO)c1ccc(-c2ncccc2F)cc1. The van der Waals surface area contributed by atoms with E-state index in [1.54, 1.807) is 35.1 Å². The summed E-state index contributed by atoms with van der Waals surface area (Å²) in [6, 6.07) is 22.1. The van der Waals surface area contributed by atoms with Gasteiger partial charge in [0.2, 0.25) is 12.3 Å². The number of hydrogen-bond donors (Lipinski definition) is 4. The largest absolute Gasteiger partial charge is 0.486 e. The summed E-state index contributed by atoms with van der Waals surface area (Å²) in [6.07, 6.45) is 13.5. The summed E-state index contributed by atoms with van der Waals surface area (Å²) in [5.74, 6) is 1.15. The molecule has 0 radical (unpaired) electrons. The molecular formula is C63H70F2N12O6. The van der Waals surface area contributed by atoms with E-state index in [1.807, 2.05) is 42.3 Å². The molecule has 4 saturated heterocycles. The number of fused-ring (bicyclic) bond motifs is 4. The van der Waals surface area contributed by atoms with Crippen LogP contribution in [0.25, 0.3) is 55.4 Å². The van der Waals surface area contributed by atoms with Crippen LogP contribution in [-0.2, 0) is 20.9 Å². The molecule has 0 spiro atoms. The lowest BCUT2D eigenvalue weighted by atomic mass is 9.88. The lowest BCUT2D eigenvalue weighted by molar-refractivity contribution is -0.137. The number of halogens is 2. The summed E-state index contributed by atoms with van der Waals surface area (Å²) in [5.41, 5.74) is 8.67. The molecule has 5 unspecified atom stereocenters. The normalized spacial score (nSPS) is 19.7. The summed E-state index contributed by atoms with van der Waals surface area (Å²) in [6.45, 7) is 11.8. The van der Waals surface area contributed by atoms with E-state index in [9.17, 15) is 14.0 Å². The van der Waals surface area contributed by atoms with Crippen molar-refractivity contribution in [2.75, 3.05) is 44.4 Å². The maximum atomic E-state index is 16.0. The van der Waals surface area contributed by atoms with Crippen LogP contribution in [0.3, 0.4) is 0 Å².